The Balaban J connectivity index is 6.17. The molecule has 13 heteroatoms. The van der Waals surface area contributed by atoms with E-state index in [4.69, 9.17) is 24.7 Å². The van der Waals surface area contributed by atoms with Crippen LogP contribution in [-0.4, -0.2) is 60.2 Å². The highest BCUT2D eigenvalue weighted by Gasteiger charge is 2.57. The summed E-state index contributed by atoms with van der Waals surface area (Å²) in [6.07, 6.45) is 0. The summed E-state index contributed by atoms with van der Waals surface area (Å²) in [7, 11) is -15.3. The minimum atomic E-state index is -3.44. The fraction of sp³-hybridized carbons (Fsp3) is 1.00. The predicted molar refractivity (Wildman–Crippen MR) is 135 cm³/mol. The fourth-order valence-electron chi connectivity index (χ4n) is 1.91. The van der Waals surface area contributed by atoms with Gasteiger partial charge in [0.15, 0.2) is 41.6 Å². The molecule has 0 fully saturated rings. The molecule has 0 rings (SSSR count). The molecule has 0 spiro atoms. The molecule has 0 saturated heterocycles. The van der Waals surface area contributed by atoms with Gasteiger partial charge in [0, 0.05) is 0 Å². The topological polar surface area (TPSA) is 55.4 Å². The second-order valence-electron chi connectivity index (χ2n) is 11.9. The van der Waals surface area contributed by atoms with E-state index in [9.17, 15) is 0 Å². The Labute approximate surface area is 182 Å². The van der Waals surface area contributed by atoms with E-state index in [-0.39, 0.29) is 0 Å². The van der Waals surface area contributed by atoms with E-state index in [0.29, 0.717) is 0 Å². The molecule has 0 saturated carbocycles. The van der Waals surface area contributed by atoms with Gasteiger partial charge in [-0.25, -0.2) is 0 Å². The van der Waals surface area contributed by atoms with Gasteiger partial charge < -0.3 is 24.7 Å². The molecule has 0 aromatic rings. The van der Waals surface area contributed by atoms with Crippen molar-refractivity contribution in [2.45, 2.75) is 98.2 Å². The summed E-state index contributed by atoms with van der Waals surface area (Å²) in [6, 6.07) is 0. The van der Waals surface area contributed by atoms with Crippen molar-refractivity contribution in [1.29, 1.82) is 0 Å². The average Bonchev–Trinajstić information content (AvgIpc) is 2.12. The van der Waals surface area contributed by atoms with Gasteiger partial charge in [0.1, 0.15) is 0 Å². The number of hydrogen-bond acceptors (Lipinski definition) is 6. The van der Waals surface area contributed by atoms with E-state index in [1.807, 2.05) is 0 Å². The first kappa shape index (κ1) is 29.3. The Morgan fingerprint density at radius 3 is 0.786 bits per heavy atom. The summed E-state index contributed by atoms with van der Waals surface area (Å²) < 4.78 is 39.2. The Bertz CT molecular complexity index is 429. The third kappa shape index (κ3) is 16.0. The van der Waals surface area contributed by atoms with Crippen LogP contribution >= 0.6 is 0 Å². The lowest BCUT2D eigenvalue weighted by atomic mass is 11.8. The maximum absolute atomic E-state index is 6.62. The van der Waals surface area contributed by atoms with E-state index in [0.717, 1.165) is 0 Å². The van der Waals surface area contributed by atoms with Gasteiger partial charge in [-0.1, -0.05) is 0 Å². The highest BCUT2D eigenvalue weighted by atomic mass is 28.6. The Kier molecular flexibility index (Phi) is 10.3. The van der Waals surface area contributed by atoms with Gasteiger partial charge in [0.25, 0.3) is 0 Å². The zero-order valence-electron chi connectivity index (χ0n) is 20.9. The van der Waals surface area contributed by atoms with Crippen LogP contribution in [0.25, 0.3) is 0 Å². The van der Waals surface area contributed by atoms with Crippen LogP contribution in [0.15, 0.2) is 0 Å². The second kappa shape index (κ2) is 9.82. The molecule has 169 valence electrons. The van der Waals surface area contributed by atoms with Gasteiger partial charge in [-0.05, 0) is 98.2 Å². The van der Waals surface area contributed by atoms with Gasteiger partial charge in [0.2, 0.25) is 0 Å². The van der Waals surface area contributed by atoms with Crippen LogP contribution in [0.2, 0.25) is 98.2 Å². The van der Waals surface area contributed by atoms with Gasteiger partial charge in [-0.15, -0.1) is 0 Å². The minimum absolute atomic E-state index is 1.89. The highest BCUT2D eigenvalue weighted by Crippen LogP contribution is 2.28. The molecule has 0 heterocycles. The summed E-state index contributed by atoms with van der Waals surface area (Å²) in [5.41, 5.74) is 0. The number of rotatable bonds is 12. The normalized spacial score (nSPS) is 15.4. The molecule has 0 aliphatic carbocycles. The van der Waals surface area contributed by atoms with Crippen molar-refractivity contribution in [3.63, 3.8) is 0 Å². The molecule has 0 unspecified atom stereocenters. The highest BCUT2D eigenvalue weighted by molar-refractivity contribution is 6.90. The zero-order valence-corrected chi connectivity index (χ0v) is 27.9. The monoisotopic (exact) mass is 517 g/mol. The zero-order chi connectivity index (χ0) is 22.8. The molecule has 0 aliphatic rings. The lowest BCUT2D eigenvalue weighted by molar-refractivity contribution is 0.122. The lowest BCUT2D eigenvalue weighted by Gasteiger charge is -2.42. The minimum Gasteiger partial charge on any atom is -0.415 e. The number of hydrogen-bond donors (Lipinski definition) is 0. The van der Waals surface area contributed by atoms with Crippen LogP contribution in [0.5, 0.6) is 0 Å². The molecule has 0 amide bonds. The van der Waals surface area contributed by atoms with Crippen molar-refractivity contribution in [2.75, 3.05) is 0 Å². The van der Waals surface area contributed by atoms with Crippen LogP contribution in [0, 0.1) is 0 Å². The second-order valence-corrected chi connectivity index (χ2v) is 39.4. The summed E-state index contributed by atoms with van der Waals surface area (Å²) in [4.78, 5) is 0. The predicted octanol–water partition coefficient (Wildman–Crippen LogP) is 5.68. The van der Waals surface area contributed by atoms with Crippen LogP contribution < -0.4 is 0 Å². The SMILES string of the molecule is C[Si](C)(C)O[Si](O[Si](C)(C)C)O[Si](O[Si](C)(C)C)(O[Si](C)(C)C)O[Si](C)(C)C. The third-order valence-corrected chi connectivity index (χ3v) is 20.5. The van der Waals surface area contributed by atoms with Gasteiger partial charge in [-0.2, -0.15) is 0 Å². The van der Waals surface area contributed by atoms with Crippen molar-refractivity contribution in [2.24, 2.45) is 0 Å². The molecule has 0 aromatic heterocycles. The third-order valence-electron chi connectivity index (χ3n) is 2.28. The maximum atomic E-state index is 6.62. The van der Waals surface area contributed by atoms with Crippen molar-refractivity contribution < 1.29 is 24.7 Å². The van der Waals surface area contributed by atoms with Gasteiger partial charge in [0.05, 0.1) is 0 Å². The molecular formula is C15H45O6Si7. The first-order valence-electron chi connectivity index (χ1n) is 9.95. The molecule has 0 atom stereocenters. The Morgan fingerprint density at radius 2 is 0.607 bits per heavy atom. The molecule has 28 heavy (non-hydrogen) atoms. The fourth-order valence-corrected chi connectivity index (χ4v) is 20.6. The standard InChI is InChI=1S/C15H45O6Si7/c1-23(2,3)16-22(17-24(4,5)6)18-28(19-25(7,8)9,20-26(10,11)12)21-27(13,14)15/h1-15H3. The molecule has 1 radical (unpaired) electrons. The molecule has 0 aromatic carbocycles. The molecule has 6 nitrogen and oxygen atoms in total. The largest absolute Gasteiger partial charge is 0.640 e. The van der Waals surface area contributed by atoms with E-state index in [2.05, 4.69) is 98.2 Å². The van der Waals surface area contributed by atoms with Crippen LogP contribution in [0.3, 0.4) is 0 Å². The summed E-state index contributed by atoms with van der Waals surface area (Å²) in [6.45, 7) is 32.2. The molecular weight excluding hydrogens is 473 g/mol. The first-order chi connectivity index (χ1) is 11.9. The van der Waals surface area contributed by atoms with E-state index in [1.165, 1.54) is 0 Å². The van der Waals surface area contributed by atoms with Crippen molar-refractivity contribution in [3.05, 3.63) is 0 Å². The van der Waals surface area contributed by atoms with Crippen molar-refractivity contribution >= 4 is 60.2 Å². The Hall–Kier alpha value is 1.28. The maximum Gasteiger partial charge on any atom is 0.640 e. The van der Waals surface area contributed by atoms with E-state index < -0.39 is 60.2 Å². The van der Waals surface area contributed by atoms with E-state index >= 15 is 0 Å². The van der Waals surface area contributed by atoms with Crippen LogP contribution in [-0.2, 0) is 24.7 Å². The van der Waals surface area contributed by atoms with Gasteiger partial charge in [-0.3, -0.25) is 0 Å². The molecule has 0 aliphatic heterocycles. The van der Waals surface area contributed by atoms with Gasteiger partial charge >= 0.3 is 18.6 Å². The van der Waals surface area contributed by atoms with Crippen molar-refractivity contribution in [3.8, 4) is 0 Å². The van der Waals surface area contributed by atoms with Crippen LogP contribution in [0.4, 0.5) is 0 Å². The molecule has 0 bridgehead atoms. The smallest absolute Gasteiger partial charge is 0.415 e. The molecule has 0 N–H and O–H groups in total. The summed E-state index contributed by atoms with van der Waals surface area (Å²) >= 11 is 0. The van der Waals surface area contributed by atoms with Crippen molar-refractivity contribution in [1.82, 2.24) is 0 Å². The lowest BCUT2D eigenvalue weighted by Crippen LogP contribution is -2.65. The Morgan fingerprint density at radius 1 is 0.357 bits per heavy atom. The first-order valence-corrected chi connectivity index (χ1v) is 29.8. The summed E-state index contributed by atoms with van der Waals surface area (Å²) in [5, 5.41) is 0. The van der Waals surface area contributed by atoms with Crippen LogP contribution in [0.1, 0.15) is 0 Å². The average molecular weight is 518 g/mol. The quantitative estimate of drug-likeness (QED) is 0.310. The van der Waals surface area contributed by atoms with E-state index in [1.54, 1.807) is 0 Å². The summed E-state index contributed by atoms with van der Waals surface area (Å²) in [5.74, 6) is 0.